The van der Waals surface area contributed by atoms with Crippen LogP contribution in [0.4, 0.5) is 5.69 Å². The Morgan fingerprint density at radius 3 is 1.79 bits per heavy atom. The van der Waals surface area contributed by atoms with E-state index in [1.54, 1.807) is 53.7 Å². The van der Waals surface area contributed by atoms with Gasteiger partial charge in [0.25, 0.3) is 0 Å². The van der Waals surface area contributed by atoms with Crippen LogP contribution in [0.25, 0.3) is 0 Å². The van der Waals surface area contributed by atoms with Crippen molar-refractivity contribution in [3.05, 3.63) is 65.2 Å². The van der Waals surface area contributed by atoms with Gasteiger partial charge in [-0.05, 0) is 78.6 Å². The van der Waals surface area contributed by atoms with Crippen molar-refractivity contribution in [3.8, 4) is 0 Å². The monoisotopic (exact) mass is 455 g/mol. The Morgan fingerprint density at radius 2 is 1.36 bits per heavy atom. The number of hydrogen-bond acceptors (Lipinski definition) is 6. The Hall–Kier alpha value is -2.86. The summed E-state index contributed by atoms with van der Waals surface area (Å²) in [6, 6.07) is 15.0. The minimum absolute atomic E-state index is 0.0000713. The third-order valence-corrected chi connectivity index (χ3v) is 4.77. The predicted octanol–water partition coefficient (Wildman–Crippen LogP) is 5.03. The molecule has 0 saturated heterocycles. The van der Waals surface area contributed by atoms with Crippen LogP contribution in [0.3, 0.4) is 0 Å². The van der Waals surface area contributed by atoms with Crippen molar-refractivity contribution in [3.63, 3.8) is 0 Å². The number of carbonyl (C=O) groups excluding carboxylic acids is 2. The zero-order valence-electron chi connectivity index (χ0n) is 20.8. The highest BCUT2D eigenvalue weighted by atomic mass is 16.6. The van der Waals surface area contributed by atoms with Crippen LogP contribution in [-0.2, 0) is 15.9 Å². The van der Waals surface area contributed by atoms with Gasteiger partial charge in [0, 0.05) is 18.3 Å². The summed E-state index contributed by atoms with van der Waals surface area (Å²) in [6.45, 7) is 13.1. The number of ether oxygens (including phenoxy) is 2. The molecule has 2 aromatic rings. The molecular formula is C27H37NO5. The van der Waals surface area contributed by atoms with Gasteiger partial charge in [-0.3, -0.25) is 0 Å². The molecule has 180 valence electrons. The molecule has 0 aromatic heterocycles. The number of carbonyl (C=O) groups is 2. The highest BCUT2D eigenvalue weighted by Gasteiger charge is 2.25. The summed E-state index contributed by atoms with van der Waals surface area (Å²) in [5.41, 5.74) is 0.978. The van der Waals surface area contributed by atoms with Crippen molar-refractivity contribution in [1.29, 1.82) is 0 Å². The van der Waals surface area contributed by atoms with Crippen molar-refractivity contribution in [2.75, 3.05) is 18.1 Å². The maximum absolute atomic E-state index is 12.9. The third-order valence-electron chi connectivity index (χ3n) is 4.77. The largest absolute Gasteiger partial charge is 0.456 e. The molecule has 0 aliphatic heterocycles. The number of rotatable bonds is 8. The fourth-order valence-corrected chi connectivity index (χ4v) is 3.46. The molecule has 0 saturated carbocycles. The molecule has 2 aromatic carbocycles. The third kappa shape index (κ3) is 8.54. The van der Waals surface area contributed by atoms with Gasteiger partial charge >= 0.3 is 11.9 Å². The van der Waals surface area contributed by atoms with Crippen molar-refractivity contribution in [2.45, 2.75) is 72.1 Å². The van der Waals surface area contributed by atoms with Crippen LogP contribution in [0.1, 0.15) is 74.7 Å². The molecule has 0 radical (unpaired) electrons. The van der Waals surface area contributed by atoms with E-state index in [9.17, 15) is 14.7 Å². The summed E-state index contributed by atoms with van der Waals surface area (Å²) >= 11 is 0. The van der Waals surface area contributed by atoms with Crippen LogP contribution in [0.15, 0.2) is 48.5 Å². The van der Waals surface area contributed by atoms with E-state index in [-0.39, 0.29) is 23.8 Å². The first-order valence-electron chi connectivity index (χ1n) is 11.3. The van der Waals surface area contributed by atoms with Gasteiger partial charge in [-0.2, -0.15) is 0 Å². The highest BCUT2D eigenvalue weighted by molar-refractivity contribution is 5.97. The van der Waals surface area contributed by atoms with E-state index < -0.39 is 23.1 Å². The Kier molecular flexibility index (Phi) is 8.67. The smallest absolute Gasteiger partial charge is 0.338 e. The zero-order chi connectivity index (χ0) is 24.8. The van der Waals surface area contributed by atoms with Gasteiger partial charge in [-0.15, -0.1) is 0 Å². The topological polar surface area (TPSA) is 76.1 Å². The second-order valence-electron chi connectivity index (χ2n) is 10.2. The fraction of sp³-hybridized carbons (Fsp3) is 0.481. The summed E-state index contributed by atoms with van der Waals surface area (Å²) in [5, 5.41) is 9.75. The van der Waals surface area contributed by atoms with Crippen LogP contribution in [0.5, 0.6) is 0 Å². The first-order valence-corrected chi connectivity index (χ1v) is 11.3. The Morgan fingerprint density at radius 1 is 0.879 bits per heavy atom. The maximum atomic E-state index is 12.9. The van der Waals surface area contributed by atoms with Crippen molar-refractivity contribution < 1.29 is 24.2 Å². The average molecular weight is 456 g/mol. The summed E-state index contributed by atoms with van der Waals surface area (Å²) < 4.78 is 11.1. The van der Waals surface area contributed by atoms with Crippen LogP contribution in [0, 0.1) is 0 Å². The van der Waals surface area contributed by atoms with Crippen molar-refractivity contribution >= 4 is 17.6 Å². The minimum atomic E-state index is -0.676. The molecule has 0 fully saturated rings. The number of anilines is 1. The molecule has 2 rings (SSSR count). The van der Waals surface area contributed by atoms with Gasteiger partial charge in [-0.1, -0.05) is 30.3 Å². The summed E-state index contributed by atoms with van der Waals surface area (Å²) in [7, 11) is 0. The molecule has 0 aliphatic carbocycles. The van der Waals surface area contributed by atoms with Gasteiger partial charge in [0.1, 0.15) is 11.2 Å². The first-order chi connectivity index (χ1) is 15.3. The number of esters is 2. The Balaban J connectivity index is 2.49. The lowest BCUT2D eigenvalue weighted by Gasteiger charge is -2.32. The molecule has 1 atom stereocenters. The van der Waals surface area contributed by atoms with Crippen LogP contribution in [0.2, 0.25) is 0 Å². The number of aliphatic hydroxyl groups excluding tert-OH is 1. The van der Waals surface area contributed by atoms with E-state index in [1.807, 2.05) is 23.1 Å². The molecule has 0 amide bonds. The Bertz CT molecular complexity index is 895. The normalized spacial score (nSPS) is 12.7. The van der Waals surface area contributed by atoms with Gasteiger partial charge in [0.15, 0.2) is 0 Å². The van der Waals surface area contributed by atoms with E-state index >= 15 is 0 Å². The molecule has 0 aliphatic rings. The Labute approximate surface area is 197 Å². The summed E-state index contributed by atoms with van der Waals surface area (Å²) in [6.07, 6.45) is 0.735. The number of benzene rings is 2. The molecule has 1 N–H and O–H groups in total. The molecule has 33 heavy (non-hydrogen) atoms. The van der Waals surface area contributed by atoms with Crippen molar-refractivity contribution in [1.82, 2.24) is 0 Å². The highest BCUT2D eigenvalue weighted by Crippen LogP contribution is 2.26. The summed E-state index contributed by atoms with van der Waals surface area (Å²) in [5.74, 6) is -1.04. The molecular weight excluding hydrogens is 418 g/mol. The molecule has 0 spiro atoms. The number of hydrogen-bond donors (Lipinski definition) is 1. The second kappa shape index (κ2) is 10.8. The molecule has 6 heteroatoms. The molecule has 0 bridgehead atoms. The second-order valence-corrected chi connectivity index (χ2v) is 10.2. The number of nitrogens with zero attached hydrogens (tertiary/aromatic N) is 1. The predicted molar refractivity (Wildman–Crippen MR) is 131 cm³/mol. The first kappa shape index (κ1) is 26.4. The lowest BCUT2D eigenvalue weighted by molar-refractivity contribution is 0.00676. The van der Waals surface area contributed by atoms with Gasteiger partial charge in [-0.25, -0.2) is 9.59 Å². The van der Waals surface area contributed by atoms with E-state index in [0.29, 0.717) is 12.2 Å². The van der Waals surface area contributed by atoms with E-state index in [1.165, 1.54) is 6.07 Å². The van der Waals surface area contributed by atoms with E-state index in [4.69, 9.17) is 9.47 Å². The van der Waals surface area contributed by atoms with E-state index in [2.05, 4.69) is 19.1 Å². The molecule has 6 nitrogen and oxygen atoms in total. The van der Waals surface area contributed by atoms with Crippen LogP contribution in [-0.4, -0.2) is 47.4 Å². The van der Waals surface area contributed by atoms with Crippen LogP contribution >= 0.6 is 0 Å². The van der Waals surface area contributed by atoms with Gasteiger partial charge < -0.3 is 19.5 Å². The lowest BCUT2D eigenvalue weighted by atomic mass is 10.0. The van der Waals surface area contributed by atoms with Crippen molar-refractivity contribution in [2.24, 2.45) is 0 Å². The van der Waals surface area contributed by atoms with Crippen LogP contribution < -0.4 is 4.90 Å². The SMILES string of the molecule is CC(Cc1ccccc1)N(CCO)c1cc(C(=O)OC(C)(C)C)cc(C(=O)OC(C)(C)C)c1. The lowest BCUT2D eigenvalue weighted by Crippen LogP contribution is -2.37. The molecule has 0 heterocycles. The van der Waals surface area contributed by atoms with Gasteiger partial charge in [0.2, 0.25) is 0 Å². The quantitative estimate of drug-likeness (QED) is 0.563. The number of aliphatic hydroxyl groups is 1. The fourth-order valence-electron chi connectivity index (χ4n) is 3.46. The molecule has 1 unspecified atom stereocenters. The maximum Gasteiger partial charge on any atom is 0.338 e. The zero-order valence-corrected chi connectivity index (χ0v) is 20.8. The van der Waals surface area contributed by atoms with E-state index in [0.717, 1.165) is 12.0 Å². The van der Waals surface area contributed by atoms with Gasteiger partial charge in [0.05, 0.1) is 17.7 Å². The standard InChI is InChI=1S/C27H37NO5/c1-19(15-20-11-9-8-10-12-20)28(13-14-29)23-17-21(24(30)32-26(2,3)4)16-22(18-23)25(31)33-27(5,6)7/h8-12,16-19,29H,13-15H2,1-7H3. The minimum Gasteiger partial charge on any atom is -0.456 e. The average Bonchev–Trinajstić information content (AvgIpc) is 2.69. The summed E-state index contributed by atoms with van der Waals surface area (Å²) in [4.78, 5) is 27.7.